The molecule has 0 fully saturated rings. The molecular weight excluding hydrogens is 450 g/mol. The molecule has 10 nitrogen and oxygen atoms in total. The molecule has 2 N–H and O–H groups in total. The molecule has 3 aromatic heterocycles. The molecule has 34 heavy (non-hydrogen) atoms. The number of amides is 1. The number of hydrogen-bond acceptors (Lipinski definition) is 7. The molecule has 1 amide bonds. The number of nitrogens with zero attached hydrogens (tertiary/aromatic N) is 5. The van der Waals surface area contributed by atoms with Gasteiger partial charge in [0.15, 0.2) is 11.5 Å². The van der Waals surface area contributed by atoms with Crippen LogP contribution >= 0.6 is 0 Å². The van der Waals surface area contributed by atoms with Gasteiger partial charge in [0.25, 0.3) is 0 Å². The molecule has 1 aliphatic rings. The minimum atomic E-state index is -1.63. The number of aromatic nitrogens is 5. The normalized spacial score (nSPS) is 14.2. The quantitative estimate of drug-likeness (QED) is 0.437. The number of rotatable bonds is 4. The Morgan fingerprint density at radius 2 is 2.00 bits per heavy atom. The predicted molar refractivity (Wildman–Crippen MR) is 114 cm³/mol. The summed E-state index contributed by atoms with van der Waals surface area (Å²) in [6.45, 7) is 3.13. The van der Waals surface area contributed by atoms with E-state index in [1.807, 2.05) is 0 Å². The van der Waals surface area contributed by atoms with Gasteiger partial charge >= 0.3 is 6.16 Å². The summed E-state index contributed by atoms with van der Waals surface area (Å²) in [7, 11) is 0. The number of benzene rings is 1. The Morgan fingerprint density at radius 3 is 2.74 bits per heavy atom. The summed E-state index contributed by atoms with van der Waals surface area (Å²) in [5.41, 5.74) is -0.381. The Kier molecular flexibility index (Phi) is 4.74. The monoisotopic (exact) mass is 466 g/mol. The summed E-state index contributed by atoms with van der Waals surface area (Å²) in [5, 5.41) is 16.4. The highest BCUT2D eigenvalue weighted by atomic mass is 19.1. The lowest BCUT2D eigenvalue weighted by Gasteiger charge is -2.16. The van der Waals surface area contributed by atoms with E-state index in [0.29, 0.717) is 5.56 Å². The zero-order valence-electron chi connectivity index (χ0n) is 17.8. The zero-order valence-corrected chi connectivity index (χ0v) is 17.8. The van der Waals surface area contributed by atoms with Gasteiger partial charge in [0.05, 0.1) is 29.1 Å². The number of halogens is 2. The van der Waals surface area contributed by atoms with E-state index in [-0.39, 0.29) is 46.4 Å². The fraction of sp³-hybridized carbons (Fsp3) is 0.182. The van der Waals surface area contributed by atoms with E-state index in [1.54, 1.807) is 32.0 Å². The van der Waals surface area contributed by atoms with Crippen LogP contribution in [0, 0.1) is 11.6 Å². The van der Waals surface area contributed by atoms with Gasteiger partial charge in [0.2, 0.25) is 11.8 Å². The van der Waals surface area contributed by atoms with Crippen LogP contribution in [0.5, 0.6) is 5.88 Å². The zero-order chi connectivity index (χ0) is 24.2. The molecule has 0 aliphatic carbocycles. The molecule has 4 aromatic rings. The number of pyridine rings is 1. The average molecular weight is 466 g/mol. The van der Waals surface area contributed by atoms with Crippen molar-refractivity contribution in [3.63, 3.8) is 0 Å². The van der Waals surface area contributed by atoms with Gasteiger partial charge in [-0.3, -0.25) is 4.79 Å². The van der Waals surface area contributed by atoms with Crippen LogP contribution in [0.15, 0.2) is 36.5 Å². The lowest BCUT2D eigenvalue weighted by atomic mass is 9.87. The number of ether oxygens (including phenoxy) is 1. The minimum Gasteiger partial charge on any atom is -0.449 e. The predicted octanol–water partition coefficient (Wildman–Crippen LogP) is 3.50. The van der Waals surface area contributed by atoms with Gasteiger partial charge in [-0.25, -0.2) is 28.2 Å². The van der Waals surface area contributed by atoms with Crippen molar-refractivity contribution in [3.05, 3.63) is 59.3 Å². The Hall–Kier alpha value is -4.48. The van der Waals surface area contributed by atoms with Crippen molar-refractivity contribution in [3.8, 4) is 17.4 Å². The summed E-state index contributed by atoms with van der Waals surface area (Å²) >= 11 is 0. The van der Waals surface area contributed by atoms with Gasteiger partial charge in [0, 0.05) is 5.56 Å². The van der Waals surface area contributed by atoms with E-state index in [4.69, 9.17) is 4.74 Å². The number of carboxylic acid groups (broad SMARTS) is 1. The molecule has 0 saturated carbocycles. The van der Waals surface area contributed by atoms with Crippen molar-refractivity contribution in [2.45, 2.75) is 25.8 Å². The van der Waals surface area contributed by atoms with Gasteiger partial charge in [0.1, 0.15) is 23.1 Å². The van der Waals surface area contributed by atoms with Crippen LogP contribution in [-0.2, 0) is 16.8 Å². The number of fused-ring (bicyclic) bond motifs is 2. The molecule has 1 aliphatic heterocycles. The average Bonchev–Trinajstić information content (AvgIpc) is 3.22. The van der Waals surface area contributed by atoms with Gasteiger partial charge in [-0.1, -0.05) is 18.2 Å². The summed E-state index contributed by atoms with van der Waals surface area (Å²) in [5.74, 6) is -1.96. The molecule has 0 radical (unpaired) electrons. The molecule has 0 saturated heterocycles. The van der Waals surface area contributed by atoms with Gasteiger partial charge < -0.3 is 15.2 Å². The van der Waals surface area contributed by atoms with Crippen molar-refractivity contribution < 1.29 is 28.2 Å². The summed E-state index contributed by atoms with van der Waals surface area (Å²) in [6.07, 6.45) is -0.638. The van der Waals surface area contributed by atoms with Crippen LogP contribution in [-0.4, -0.2) is 41.9 Å². The Labute approximate surface area is 190 Å². The Balaban J connectivity index is 1.72. The van der Waals surface area contributed by atoms with Crippen LogP contribution in [0.4, 0.5) is 19.4 Å². The second-order valence-corrected chi connectivity index (χ2v) is 8.15. The highest BCUT2D eigenvalue weighted by Gasteiger charge is 2.44. The molecule has 0 bridgehead atoms. The van der Waals surface area contributed by atoms with Crippen molar-refractivity contribution in [2.24, 2.45) is 0 Å². The fourth-order valence-corrected chi connectivity index (χ4v) is 3.83. The second kappa shape index (κ2) is 7.54. The first-order valence-corrected chi connectivity index (χ1v) is 10.1. The van der Waals surface area contributed by atoms with Crippen LogP contribution in [0.25, 0.3) is 22.6 Å². The van der Waals surface area contributed by atoms with Crippen LogP contribution in [0.3, 0.4) is 0 Å². The maximum Gasteiger partial charge on any atom is 0.512 e. The van der Waals surface area contributed by atoms with E-state index in [9.17, 15) is 23.5 Å². The lowest BCUT2D eigenvalue weighted by Crippen LogP contribution is -2.27. The van der Waals surface area contributed by atoms with E-state index < -0.39 is 29.1 Å². The molecule has 1 aromatic carbocycles. The Bertz CT molecular complexity index is 1500. The van der Waals surface area contributed by atoms with Gasteiger partial charge in [-0.15, -0.1) is 0 Å². The molecule has 12 heteroatoms. The third-order valence-electron chi connectivity index (χ3n) is 5.53. The maximum atomic E-state index is 14.2. The number of hydrogen-bond donors (Lipinski definition) is 2. The Morgan fingerprint density at radius 1 is 1.24 bits per heavy atom. The van der Waals surface area contributed by atoms with Gasteiger partial charge in [-0.2, -0.15) is 10.1 Å². The van der Waals surface area contributed by atoms with Crippen LogP contribution in [0.2, 0.25) is 0 Å². The smallest absolute Gasteiger partial charge is 0.449 e. The fourth-order valence-electron chi connectivity index (χ4n) is 3.83. The molecule has 4 heterocycles. The standard InChI is InChI=1S/C22H16F2N6O4/c1-22(2)14-16(28-20(22)31)26-17(27-19(14)34-21(32)33)15-12-7-11(23)8-25-18(12)30(29-15)9-10-5-3-4-6-13(10)24/h3-8H,9H2,1-2H3,(H,32,33)(H,26,27,28,31). The summed E-state index contributed by atoms with van der Waals surface area (Å²) < 4.78 is 34.6. The molecule has 0 unspecified atom stereocenters. The van der Waals surface area contributed by atoms with Crippen molar-refractivity contribution in [1.82, 2.24) is 24.7 Å². The molecule has 0 atom stereocenters. The summed E-state index contributed by atoms with van der Waals surface area (Å²) in [4.78, 5) is 36.4. The number of carbonyl (C=O) groups is 2. The minimum absolute atomic E-state index is 0.0189. The molecule has 0 spiro atoms. The van der Waals surface area contributed by atoms with Crippen molar-refractivity contribution in [1.29, 1.82) is 0 Å². The largest absolute Gasteiger partial charge is 0.512 e. The third-order valence-corrected chi connectivity index (χ3v) is 5.53. The van der Waals surface area contributed by atoms with E-state index >= 15 is 0 Å². The van der Waals surface area contributed by atoms with Crippen LogP contribution in [0.1, 0.15) is 25.0 Å². The second-order valence-electron chi connectivity index (χ2n) is 8.15. The van der Waals surface area contributed by atoms with E-state index in [2.05, 4.69) is 25.4 Å². The third kappa shape index (κ3) is 3.39. The summed E-state index contributed by atoms with van der Waals surface area (Å²) in [6, 6.07) is 7.27. The highest BCUT2D eigenvalue weighted by molar-refractivity contribution is 6.06. The number of nitrogens with one attached hydrogen (secondary N) is 1. The molecule has 172 valence electrons. The first kappa shape index (κ1) is 21.4. The van der Waals surface area contributed by atoms with E-state index in [1.165, 1.54) is 16.8 Å². The molecular formula is C22H16F2N6O4. The first-order valence-electron chi connectivity index (χ1n) is 10.1. The van der Waals surface area contributed by atoms with Crippen molar-refractivity contribution >= 4 is 28.9 Å². The molecule has 5 rings (SSSR count). The van der Waals surface area contributed by atoms with Crippen LogP contribution < -0.4 is 10.1 Å². The highest BCUT2D eigenvalue weighted by Crippen LogP contribution is 2.43. The van der Waals surface area contributed by atoms with Gasteiger partial charge in [-0.05, 0) is 26.0 Å². The lowest BCUT2D eigenvalue weighted by molar-refractivity contribution is -0.119. The first-order chi connectivity index (χ1) is 16.1. The topological polar surface area (TPSA) is 132 Å². The number of carbonyl (C=O) groups excluding carboxylic acids is 1. The van der Waals surface area contributed by atoms with E-state index in [0.717, 1.165) is 6.20 Å². The number of anilines is 1. The SMILES string of the molecule is CC1(C)C(=O)Nc2nc(-c3nn(Cc4ccccc4F)c4ncc(F)cc34)nc(OC(=O)O)c21. The maximum absolute atomic E-state index is 14.2. The van der Waals surface area contributed by atoms with Crippen molar-refractivity contribution in [2.75, 3.05) is 5.32 Å².